The maximum Gasteiger partial charge on any atom is 0.0483 e. The third kappa shape index (κ3) is 2.72. The maximum atomic E-state index is 3.56. The highest BCUT2D eigenvalue weighted by Gasteiger charge is 2.07. The fourth-order valence-electron chi connectivity index (χ4n) is 2.26. The van der Waals surface area contributed by atoms with Crippen LogP contribution in [0.2, 0.25) is 0 Å². The Morgan fingerprint density at radius 1 is 1.35 bits per heavy atom. The number of hydrogen-bond acceptors (Lipinski definition) is 1. The van der Waals surface area contributed by atoms with Gasteiger partial charge in [-0.2, -0.15) is 0 Å². The molecule has 3 heteroatoms. The van der Waals surface area contributed by atoms with E-state index in [0.717, 1.165) is 24.0 Å². The van der Waals surface area contributed by atoms with Gasteiger partial charge >= 0.3 is 0 Å². The number of hydrogen-bond donors (Lipinski definition) is 1. The number of nitrogens with one attached hydrogen (secondary N) is 1. The third-order valence-corrected chi connectivity index (χ3v) is 3.63. The molecule has 0 unspecified atom stereocenters. The second kappa shape index (κ2) is 5.69. The van der Waals surface area contributed by atoms with Crippen LogP contribution in [-0.4, -0.2) is 18.2 Å². The molecule has 0 fully saturated rings. The number of benzene rings is 1. The molecule has 0 aliphatic carbocycles. The summed E-state index contributed by atoms with van der Waals surface area (Å²) in [5.41, 5.74) is 2.80. The van der Waals surface area contributed by atoms with Gasteiger partial charge in [0.05, 0.1) is 0 Å². The largest absolute Gasteiger partial charge is 0.347 e. The molecule has 1 N–H and O–H groups in total. The average molecular weight is 295 g/mol. The number of aromatic nitrogens is 1. The van der Waals surface area contributed by atoms with Crippen LogP contribution in [-0.2, 0) is 13.0 Å². The molecule has 2 nitrogen and oxygen atoms in total. The van der Waals surface area contributed by atoms with E-state index in [1.54, 1.807) is 0 Å². The topological polar surface area (TPSA) is 17.0 Å². The van der Waals surface area contributed by atoms with Crippen molar-refractivity contribution in [3.8, 4) is 0 Å². The first-order valence-electron chi connectivity index (χ1n) is 6.18. The Balaban J connectivity index is 2.36. The molecule has 1 aromatic heterocycles. The summed E-state index contributed by atoms with van der Waals surface area (Å²) in [6, 6.07) is 6.55. The zero-order valence-electron chi connectivity index (χ0n) is 10.5. The van der Waals surface area contributed by atoms with Gasteiger partial charge in [0.25, 0.3) is 0 Å². The number of halogens is 1. The quantitative estimate of drug-likeness (QED) is 0.834. The molecular weight excluding hydrogens is 276 g/mol. The second-order valence-electron chi connectivity index (χ2n) is 4.31. The van der Waals surface area contributed by atoms with Gasteiger partial charge in [-0.25, -0.2) is 0 Å². The number of rotatable bonds is 5. The third-order valence-electron chi connectivity index (χ3n) is 3.14. The average Bonchev–Trinajstić information content (AvgIpc) is 2.67. The van der Waals surface area contributed by atoms with Crippen LogP contribution in [0.1, 0.15) is 18.9 Å². The SMILES string of the molecule is CCn1cc(CCCNC)c2cc(Br)ccc21. The summed E-state index contributed by atoms with van der Waals surface area (Å²) in [5, 5.41) is 4.59. The lowest BCUT2D eigenvalue weighted by atomic mass is 10.1. The van der Waals surface area contributed by atoms with E-state index in [1.165, 1.54) is 22.9 Å². The Bertz CT molecular complexity index is 502. The van der Waals surface area contributed by atoms with Crippen molar-refractivity contribution in [1.29, 1.82) is 0 Å². The molecule has 0 amide bonds. The molecule has 2 aromatic rings. The molecule has 2 rings (SSSR count). The van der Waals surface area contributed by atoms with Crippen molar-refractivity contribution in [2.24, 2.45) is 0 Å². The minimum Gasteiger partial charge on any atom is -0.347 e. The monoisotopic (exact) mass is 294 g/mol. The van der Waals surface area contributed by atoms with Gasteiger partial charge in [-0.1, -0.05) is 15.9 Å². The first-order chi connectivity index (χ1) is 8.26. The van der Waals surface area contributed by atoms with E-state index in [9.17, 15) is 0 Å². The maximum absolute atomic E-state index is 3.56. The highest BCUT2D eigenvalue weighted by Crippen LogP contribution is 2.26. The molecule has 17 heavy (non-hydrogen) atoms. The van der Waals surface area contributed by atoms with Crippen LogP contribution in [0, 0.1) is 0 Å². The molecule has 0 spiro atoms. The molecule has 0 saturated carbocycles. The summed E-state index contributed by atoms with van der Waals surface area (Å²) < 4.78 is 3.49. The number of fused-ring (bicyclic) bond motifs is 1. The van der Waals surface area contributed by atoms with Crippen LogP contribution < -0.4 is 5.32 Å². The molecule has 1 aromatic carbocycles. The molecule has 1 heterocycles. The van der Waals surface area contributed by atoms with Crippen LogP contribution in [0.4, 0.5) is 0 Å². The Kier molecular flexibility index (Phi) is 4.24. The van der Waals surface area contributed by atoms with Gasteiger partial charge in [0.2, 0.25) is 0 Å². The predicted molar refractivity (Wildman–Crippen MR) is 77.6 cm³/mol. The van der Waals surface area contributed by atoms with Gasteiger partial charge in [-0.05, 0) is 57.1 Å². The van der Waals surface area contributed by atoms with Gasteiger partial charge < -0.3 is 9.88 Å². The van der Waals surface area contributed by atoms with Crippen LogP contribution in [0.25, 0.3) is 10.9 Å². The van der Waals surface area contributed by atoms with Gasteiger partial charge in [0, 0.05) is 28.1 Å². The summed E-state index contributed by atoms with van der Waals surface area (Å²) in [6.07, 6.45) is 4.62. The van der Waals surface area contributed by atoms with Crippen molar-refractivity contribution in [2.45, 2.75) is 26.3 Å². The van der Waals surface area contributed by atoms with E-state index in [2.05, 4.69) is 57.1 Å². The van der Waals surface area contributed by atoms with Gasteiger partial charge in [0.15, 0.2) is 0 Å². The summed E-state index contributed by atoms with van der Waals surface area (Å²) in [6.45, 7) is 4.30. The first-order valence-corrected chi connectivity index (χ1v) is 6.97. The number of aryl methyl sites for hydroxylation is 2. The zero-order valence-corrected chi connectivity index (χ0v) is 12.0. The molecule has 92 valence electrons. The van der Waals surface area contributed by atoms with Crippen LogP contribution in [0.3, 0.4) is 0 Å². The van der Waals surface area contributed by atoms with Crippen molar-refractivity contribution in [1.82, 2.24) is 9.88 Å². The highest BCUT2D eigenvalue weighted by molar-refractivity contribution is 9.10. The van der Waals surface area contributed by atoms with Gasteiger partial charge in [-0.3, -0.25) is 0 Å². The molecule has 0 saturated heterocycles. The second-order valence-corrected chi connectivity index (χ2v) is 5.22. The fraction of sp³-hybridized carbons (Fsp3) is 0.429. The van der Waals surface area contributed by atoms with E-state index < -0.39 is 0 Å². The molecule has 0 aliphatic heterocycles. The summed E-state index contributed by atoms with van der Waals surface area (Å²) in [4.78, 5) is 0. The minimum absolute atomic E-state index is 1.03. The Morgan fingerprint density at radius 3 is 2.88 bits per heavy atom. The van der Waals surface area contributed by atoms with Gasteiger partial charge in [0.1, 0.15) is 0 Å². The van der Waals surface area contributed by atoms with E-state index in [0.29, 0.717) is 0 Å². The first kappa shape index (κ1) is 12.7. The Labute approximate surface area is 111 Å². The summed E-state index contributed by atoms with van der Waals surface area (Å²) in [7, 11) is 2.01. The lowest BCUT2D eigenvalue weighted by molar-refractivity contribution is 0.721. The van der Waals surface area contributed by atoms with Crippen LogP contribution in [0.5, 0.6) is 0 Å². The molecular formula is C14H19BrN2. The van der Waals surface area contributed by atoms with E-state index in [-0.39, 0.29) is 0 Å². The Morgan fingerprint density at radius 2 is 2.18 bits per heavy atom. The predicted octanol–water partition coefficient (Wildman–Crippen LogP) is 3.58. The van der Waals surface area contributed by atoms with E-state index >= 15 is 0 Å². The van der Waals surface area contributed by atoms with E-state index in [1.807, 2.05) is 7.05 Å². The smallest absolute Gasteiger partial charge is 0.0483 e. The molecule has 0 atom stereocenters. The normalized spacial score (nSPS) is 11.2. The molecule has 0 radical (unpaired) electrons. The van der Waals surface area contributed by atoms with E-state index in [4.69, 9.17) is 0 Å². The van der Waals surface area contributed by atoms with Crippen LogP contribution in [0.15, 0.2) is 28.9 Å². The van der Waals surface area contributed by atoms with Crippen molar-refractivity contribution in [2.75, 3.05) is 13.6 Å². The Hall–Kier alpha value is -0.800. The summed E-state index contributed by atoms with van der Waals surface area (Å²) >= 11 is 3.56. The lowest BCUT2D eigenvalue weighted by Crippen LogP contribution is -2.08. The summed E-state index contributed by atoms with van der Waals surface area (Å²) in [5.74, 6) is 0. The van der Waals surface area contributed by atoms with Crippen molar-refractivity contribution in [3.63, 3.8) is 0 Å². The highest BCUT2D eigenvalue weighted by atomic mass is 79.9. The zero-order chi connectivity index (χ0) is 12.3. The van der Waals surface area contributed by atoms with Gasteiger partial charge in [-0.15, -0.1) is 0 Å². The van der Waals surface area contributed by atoms with Crippen molar-refractivity contribution >= 4 is 26.8 Å². The number of nitrogens with zero attached hydrogens (tertiary/aromatic N) is 1. The standard InChI is InChI=1S/C14H19BrN2/c1-3-17-10-11(5-4-8-16-2)13-9-12(15)6-7-14(13)17/h6-7,9-10,16H,3-5,8H2,1-2H3. The van der Waals surface area contributed by atoms with Crippen LogP contribution >= 0.6 is 15.9 Å². The molecule has 0 bridgehead atoms. The van der Waals surface area contributed by atoms with Crippen molar-refractivity contribution < 1.29 is 0 Å². The minimum atomic E-state index is 1.03. The molecule has 0 aliphatic rings. The van der Waals surface area contributed by atoms with Crippen molar-refractivity contribution in [3.05, 3.63) is 34.4 Å². The lowest BCUT2D eigenvalue weighted by Gasteiger charge is -2.00. The fourth-order valence-corrected chi connectivity index (χ4v) is 2.62.